The zero-order valence-corrected chi connectivity index (χ0v) is 9.60. The smallest absolute Gasteiger partial charge is 0.406 e. The van der Waals surface area contributed by atoms with Gasteiger partial charge in [0.25, 0.3) is 0 Å². The number of ether oxygens (including phenoxy) is 1. The molecule has 0 aliphatic rings. The van der Waals surface area contributed by atoms with Crippen LogP contribution in [0.4, 0.5) is 13.2 Å². The fourth-order valence-corrected chi connectivity index (χ4v) is 2.06. The van der Waals surface area contributed by atoms with E-state index >= 15 is 0 Å². The topological polar surface area (TPSA) is 22.1 Å². The number of nitrogens with zero attached hydrogens (tertiary/aromatic N) is 1. The number of rotatable bonds is 2. The van der Waals surface area contributed by atoms with Crippen LogP contribution < -0.4 is 4.74 Å². The van der Waals surface area contributed by atoms with Gasteiger partial charge in [-0.1, -0.05) is 0 Å². The first-order valence-electron chi connectivity index (χ1n) is 4.73. The number of alkyl halides is 3. The second-order valence-corrected chi connectivity index (χ2v) is 4.58. The number of aromatic nitrogens is 1. The molecule has 0 radical (unpaired) electrons. The second kappa shape index (κ2) is 4.37. The highest BCUT2D eigenvalue weighted by molar-refractivity contribution is 7.14. The summed E-state index contributed by atoms with van der Waals surface area (Å²) in [5.74, 6) is -0.227. The van der Waals surface area contributed by atoms with Crippen molar-refractivity contribution >= 4 is 11.3 Å². The standard InChI is InChI=1S/C11H8F3NOS/c1-7-6-15-10(17-7)8-2-4-9(5-3-8)16-11(12,13)14/h2-6H,1H3. The Morgan fingerprint density at radius 2 is 1.82 bits per heavy atom. The van der Waals surface area contributed by atoms with Gasteiger partial charge >= 0.3 is 6.36 Å². The maximum atomic E-state index is 11.9. The molecule has 0 amide bonds. The molecule has 90 valence electrons. The van der Waals surface area contributed by atoms with Crippen LogP contribution in [-0.4, -0.2) is 11.3 Å². The minimum Gasteiger partial charge on any atom is -0.406 e. The van der Waals surface area contributed by atoms with Gasteiger partial charge in [0.15, 0.2) is 0 Å². The average molecular weight is 259 g/mol. The first kappa shape index (κ1) is 11.9. The first-order chi connectivity index (χ1) is 7.94. The molecule has 0 aliphatic heterocycles. The summed E-state index contributed by atoms with van der Waals surface area (Å²) < 4.78 is 39.6. The maximum Gasteiger partial charge on any atom is 0.573 e. The van der Waals surface area contributed by atoms with Gasteiger partial charge in [-0.05, 0) is 31.2 Å². The van der Waals surface area contributed by atoms with Crippen LogP contribution in [0.3, 0.4) is 0 Å². The van der Waals surface area contributed by atoms with E-state index in [0.29, 0.717) is 0 Å². The van der Waals surface area contributed by atoms with Crippen LogP contribution in [-0.2, 0) is 0 Å². The Bertz CT molecular complexity index is 504. The van der Waals surface area contributed by atoms with Crippen LogP contribution in [0.1, 0.15) is 4.88 Å². The lowest BCUT2D eigenvalue weighted by Gasteiger charge is -2.08. The highest BCUT2D eigenvalue weighted by Gasteiger charge is 2.30. The Morgan fingerprint density at radius 1 is 1.18 bits per heavy atom. The second-order valence-electron chi connectivity index (χ2n) is 3.35. The Balaban J connectivity index is 2.19. The summed E-state index contributed by atoms with van der Waals surface area (Å²) in [4.78, 5) is 5.20. The lowest BCUT2D eigenvalue weighted by molar-refractivity contribution is -0.274. The SMILES string of the molecule is Cc1cnc(-c2ccc(OC(F)(F)F)cc2)s1. The summed E-state index contributed by atoms with van der Waals surface area (Å²) in [6.07, 6.45) is -2.93. The molecule has 0 bridgehead atoms. The predicted octanol–water partition coefficient (Wildman–Crippen LogP) is 4.02. The molecule has 0 unspecified atom stereocenters. The van der Waals surface area contributed by atoms with Crippen LogP contribution in [0.25, 0.3) is 10.6 Å². The molecule has 1 heterocycles. The minimum absolute atomic E-state index is 0.227. The molecule has 0 saturated carbocycles. The lowest BCUT2D eigenvalue weighted by atomic mass is 10.2. The average Bonchev–Trinajstić information content (AvgIpc) is 2.63. The van der Waals surface area contributed by atoms with Crippen molar-refractivity contribution in [1.29, 1.82) is 0 Å². The molecule has 1 aromatic heterocycles. The third kappa shape index (κ3) is 3.20. The maximum absolute atomic E-state index is 11.9. The van der Waals surface area contributed by atoms with Crippen molar-refractivity contribution in [2.45, 2.75) is 13.3 Å². The van der Waals surface area contributed by atoms with Crippen LogP contribution >= 0.6 is 11.3 Å². The first-order valence-corrected chi connectivity index (χ1v) is 5.54. The van der Waals surface area contributed by atoms with Crippen LogP contribution in [0.15, 0.2) is 30.5 Å². The van der Waals surface area contributed by atoms with Crippen molar-refractivity contribution in [3.8, 4) is 16.3 Å². The molecule has 2 nitrogen and oxygen atoms in total. The third-order valence-electron chi connectivity index (χ3n) is 1.96. The van der Waals surface area contributed by atoms with E-state index < -0.39 is 6.36 Å². The zero-order valence-electron chi connectivity index (χ0n) is 8.78. The highest BCUT2D eigenvalue weighted by atomic mass is 32.1. The third-order valence-corrected chi connectivity index (χ3v) is 2.92. The van der Waals surface area contributed by atoms with E-state index in [0.717, 1.165) is 15.4 Å². The molecule has 0 saturated heterocycles. The number of hydrogen-bond acceptors (Lipinski definition) is 3. The van der Waals surface area contributed by atoms with Crippen molar-refractivity contribution in [2.75, 3.05) is 0 Å². The van der Waals surface area contributed by atoms with Gasteiger partial charge in [0.05, 0.1) is 0 Å². The van der Waals surface area contributed by atoms with E-state index in [-0.39, 0.29) is 5.75 Å². The molecule has 0 aliphatic carbocycles. The molecule has 2 aromatic rings. The van der Waals surface area contributed by atoms with Crippen LogP contribution in [0, 0.1) is 6.92 Å². The van der Waals surface area contributed by atoms with Gasteiger partial charge in [0.1, 0.15) is 10.8 Å². The molecule has 17 heavy (non-hydrogen) atoms. The summed E-state index contributed by atoms with van der Waals surface area (Å²) in [6.45, 7) is 1.92. The monoisotopic (exact) mass is 259 g/mol. The molecule has 2 rings (SSSR count). The Labute approximate surface area is 99.7 Å². The van der Waals surface area contributed by atoms with E-state index in [4.69, 9.17) is 0 Å². The Hall–Kier alpha value is -1.56. The molecular formula is C11H8F3NOS. The molecule has 0 fully saturated rings. The van der Waals surface area contributed by atoms with Crippen molar-refractivity contribution in [3.63, 3.8) is 0 Å². The molecule has 1 aromatic carbocycles. The molecule has 0 spiro atoms. The van der Waals surface area contributed by atoms with Crippen molar-refractivity contribution in [3.05, 3.63) is 35.3 Å². The highest BCUT2D eigenvalue weighted by Crippen LogP contribution is 2.28. The van der Waals surface area contributed by atoms with E-state index in [9.17, 15) is 13.2 Å². The normalized spacial score (nSPS) is 11.5. The summed E-state index contributed by atoms with van der Waals surface area (Å²) in [5.41, 5.74) is 0.776. The summed E-state index contributed by atoms with van der Waals surface area (Å²) in [6, 6.07) is 5.66. The number of aryl methyl sites for hydroxylation is 1. The minimum atomic E-state index is -4.65. The fourth-order valence-electron chi connectivity index (χ4n) is 1.29. The van der Waals surface area contributed by atoms with E-state index in [1.165, 1.54) is 23.5 Å². The van der Waals surface area contributed by atoms with Crippen molar-refractivity contribution < 1.29 is 17.9 Å². The summed E-state index contributed by atoms with van der Waals surface area (Å²) >= 11 is 1.49. The van der Waals surface area contributed by atoms with E-state index in [1.54, 1.807) is 18.3 Å². The van der Waals surface area contributed by atoms with E-state index in [1.807, 2.05) is 6.92 Å². The molecule has 0 atom stereocenters. The predicted molar refractivity (Wildman–Crippen MR) is 59.0 cm³/mol. The quantitative estimate of drug-likeness (QED) is 0.812. The van der Waals surface area contributed by atoms with Gasteiger partial charge in [-0.25, -0.2) is 4.98 Å². The molecule has 0 N–H and O–H groups in total. The van der Waals surface area contributed by atoms with Crippen LogP contribution in [0.2, 0.25) is 0 Å². The summed E-state index contributed by atoms with van der Waals surface area (Å²) in [5, 5.41) is 0.779. The number of benzene rings is 1. The van der Waals surface area contributed by atoms with Crippen molar-refractivity contribution in [2.24, 2.45) is 0 Å². The van der Waals surface area contributed by atoms with Gasteiger partial charge in [0.2, 0.25) is 0 Å². The van der Waals surface area contributed by atoms with Crippen LogP contribution in [0.5, 0.6) is 5.75 Å². The van der Waals surface area contributed by atoms with Crippen molar-refractivity contribution in [1.82, 2.24) is 4.98 Å². The largest absolute Gasteiger partial charge is 0.573 e. The van der Waals surface area contributed by atoms with Gasteiger partial charge in [-0.15, -0.1) is 24.5 Å². The number of thiazole rings is 1. The molecule has 6 heteroatoms. The van der Waals surface area contributed by atoms with Gasteiger partial charge in [-0.2, -0.15) is 0 Å². The lowest BCUT2D eigenvalue weighted by Crippen LogP contribution is -2.16. The van der Waals surface area contributed by atoms with Gasteiger partial charge < -0.3 is 4.74 Å². The van der Waals surface area contributed by atoms with Gasteiger partial charge in [0, 0.05) is 16.6 Å². The van der Waals surface area contributed by atoms with E-state index in [2.05, 4.69) is 9.72 Å². The molecular weight excluding hydrogens is 251 g/mol. The number of hydrogen-bond donors (Lipinski definition) is 0. The number of halogens is 3. The Morgan fingerprint density at radius 3 is 2.29 bits per heavy atom. The zero-order chi connectivity index (χ0) is 12.5. The summed E-state index contributed by atoms with van der Waals surface area (Å²) in [7, 11) is 0. The Kier molecular flexibility index (Phi) is 3.06. The fraction of sp³-hybridized carbons (Fsp3) is 0.182. The van der Waals surface area contributed by atoms with Gasteiger partial charge in [-0.3, -0.25) is 0 Å².